The number of carbonyl (C=O) groups excluding carboxylic acids is 2. The van der Waals surface area contributed by atoms with E-state index in [-0.39, 0.29) is 23.5 Å². The Morgan fingerprint density at radius 2 is 2.00 bits per heavy atom. The predicted molar refractivity (Wildman–Crippen MR) is 82.9 cm³/mol. The first kappa shape index (κ1) is 16.5. The van der Waals surface area contributed by atoms with E-state index in [4.69, 9.17) is 0 Å². The molecule has 0 aromatic heterocycles. The molecule has 0 aliphatic carbocycles. The Bertz CT molecular complexity index is 528. The minimum atomic E-state index is -0.360. The van der Waals surface area contributed by atoms with Crippen molar-refractivity contribution in [1.82, 2.24) is 10.2 Å². The fourth-order valence-electron chi connectivity index (χ4n) is 2.60. The van der Waals surface area contributed by atoms with Crippen LogP contribution in [0.15, 0.2) is 24.3 Å². The third-order valence-electron chi connectivity index (χ3n) is 3.86. The highest BCUT2D eigenvalue weighted by Gasteiger charge is 2.28. The number of piperidine rings is 1. The Morgan fingerprint density at radius 3 is 2.64 bits per heavy atom. The van der Waals surface area contributed by atoms with Crippen molar-refractivity contribution in [3.05, 3.63) is 35.6 Å². The lowest BCUT2D eigenvalue weighted by Gasteiger charge is -2.32. The van der Waals surface area contributed by atoms with Crippen molar-refractivity contribution in [2.45, 2.75) is 26.7 Å². The van der Waals surface area contributed by atoms with Crippen molar-refractivity contribution in [3.63, 3.8) is 0 Å². The second-order valence-corrected chi connectivity index (χ2v) is 6.24. The Balaban J connectivity index is 1.96. The molecule has 0 spiro atoms. The van der Waals surface area contributed by atoms with Crippen LogP contribution in [0.1, 0.15) is 37.0 Å². The molecule has 22 heavy (non-hydrogen) atoms. The predicted octanol–water partition coefficient (Wildman–Crippen LogP) is 2.45. The van der Waals surface area contributed by atoms with Crippen molar-refractivity contribution in [2.24, 2.45) is 11.8 Å². The average molecular weight is 306 g/mol. The maximum absolute atomic E-state index is 12.9. The summed E-state index contributed by atoms with van der Waals surface area (Å²) in [4.78, 5) is 26.3. The van der Waals surface area contributed by atoms with Crippen molar-refractivity contribution < 1.29 is 14.0 Å². The molecule has 1 aliphatic heterocycles. The van der Waals surface area contributed by atoms with Crippen LogP contribution in [0.5, 0.6) is 0 Å². The van der Waals surface area contributed by atoms with Crippen LogP contribution < -0.4 is 5.32 Å². The maximum Gasteiger partial charge on any atom is 0.253 e. The summed E-state index contributed by atoms with van der Waals surface area (Å²) in [5.41, 5.74) is 0.463. The van der Waals surface area contributed by atoms with E-state index in [0.29, 0.717) is 31.1 Å². The fourth-order valence-corrected chi connectivity index (χ4v) is 2.60. The normalized spacial score (nSPS) is 18.4. The van der Waals surface area contributed by atoms with E-state index in [1.54, 1.807) is 4.90 Å². The Labute approximate surface area is 130 Å². The summed E-state index contributed by atoms with van der Waals surface area (Å²) < 4.78 is 12.9. The first-order valence-corrected chi connectivity index (χ1v) is 7.80. The van der Waals surface area contributed by atoms with Crippen molar-refractivity contribution in [3.8, 4) is 0 Å². The van der Waals surface area contributed by atoms with Gasteiger partial charge in [0.05, 0.1) is 5.92 Å². The highest BCUT2D eigenvalue weighted by molar-refractivity contribution is 5.94. The molecule has 1 N–H and O–H groups in total. The molecular formula is C17H23FN2O2. The molecule has 1 aromatic rings. The highest BCUT2D eigenvalue weighted by Crippen LogP contribution is 2.19. The fraction of sp³-hybridized carbons (Fsp3) is 0.529. The number of amides is 2. The molecule has 0 radical (unpaired) electrons. The second-order valence-electron chi connectivity index (χ2n) is 6.24. The molecule has 120 valence electrons. The molecule has 0 unspecified atom stereocenters. The van der Waals surface area contributed by atoms with Crippen LogP contribution in [-0.4, -0.2) is 36.3 Å². The average Bonchev–Trinajstić information content (AvgIpc) is 2.52. The molecule has 2 rings (SSSR count). The van der Waals surface area contributed by atoms with Gasteiger partial charge in [0.1, 0.15) is 5.82 Å². The zero-order valence-electron chi connectivity index (χ0n) is 13.1. The van der Waals surface area contributed by atoms with Gasteiger partial charge in [-0.25, -0.2) is 4.39 Å². The molecule has 1 aromatic carbocycles. The standard InChI is InChI=1S/C17H23FN2O2/c1-12(2)10-19-16(21)14-4-3-9-20(11-14)17(22)13-5-7-15(18)8-6-13/h5-8,12,14H,3-4,9-11H2,1-2H3,(H,19,21)/t14-/m0/s1. The summed E-state index contributed by atoms with van der Waals surface area (Å²) in [6.07, 6.45) is 1.61. The van der Waals surface area contributed by atoms with Gasteiger partial charge in [-0.05, 0) is 43.0 Å². The summed E-state index contributed by atoms with van der Waals surface area (Å²) in [7, 11) is 0. The first-order chi connectivity index (χ1) is 10.5. The summed E-state index contributed by atoms with van der Waals surface area (Å²) in [5, 5.41) is 2.93. The van der Waals surface area contributed by atoms with Crippen LogP contribution in [0, 0.1) is 17.7 Å². The van der Waals surface area contributed by atoms with Gasteiger partial charge < -0.3 is 10.2 Å². The number of hydrogen-bond acceptors (Lipinski definition) is 2. The lowest BCUT2D eigenvalue weighted by atomic mass is 9.96. The van der Waals surface area contributed by atoms with E-state index in [2.05, 4.69) is 5.32 Å². The molecule has 1 saturated heterocycles. The molecule has 5 heteroatoms. The number of nitrogens with one attached hydrogen (secondary N) is 1. The Kier molecular flexibility index (Phi) is 5.52. The lowest BCUT2D eigenvalue weighted by molar-refractivity contribution is -0.126. The molecule has 2 amide bonds. The number of nitrogens with zero attached hydrogens (tertiary/aromatic N) is 1. The molecule has 0 saturated carbocycles. The molecule has 1 aliphatic rings. The molecule has 1 atom stereocenters. The van der Waals surface area contributed by atoms with E-state index in [1.165, 1.54) is 24.3 Å². The monoisotopic (exact) mass is 306 g/mol. The van der Waals surface area contributed by atoms with Gasteiger partial charge in [0.15, 0.2) is 0 Å². The van der Waals surface area contributed by atoms with Gasteiger partial charge in [-0.2, -0.15) is 0 Å². The van der Waals surface area contributed by atoms with Gasteiger partial charge in [-0.3, -0.25) is 9.59 Å². The summed E-state index contributed by atoms with van der Waals surface area (Å²) in [5.74, 6) is -0.228. The highest BCUT2D eigenvalue weighted by atomic mass is 19.1. The second kappa shape index (κ2) is 7.38. The van der Waals surface area contributed by atoms with E-state index in [0.717, 1.165) is 12.8 Å². The third kappa shape index (κ3) is 4.29. The number of halogens is 1. The van der Waals surface area contributed by atoms with Gasteiger partial charge in [0.2, 0.25) is 5.91 Å². The summed E-state index contributed by atoms with van der Waals surface area (Å²) >= 11 is 0. The van der Waals surface area contributed by atoms with E-state index in [1.807, 2.05) is 13.8 Å². The zero-order valence-corrected chi connectivity index (χ0v) is 13.1. The molecule has 0 bridgehead atoms. The van der Waals surface area contributed by atoms with Crippen LogP contribution in [0.25, 0.3) is 0 Å². The molecule has 1 fully saturated rings. The third-order valence-corrected chi connectivity index (χ3v) is 3.86. The van der Waals surface area contributed by atoms with Crippen LogP contribution in [0.4, 0.5) is 4.39 Å². The minimum absolute atomic E-state index is 0.0188. The largest absolute Gasteiger partial charge is 0.356 e. The number of hydrogen-bond donors (Lipinski definition) is 1. The SMILES string of the molecule is CC(C)CNC(=O)[C@H]1CCCN(C(=O)c2ccc(F)cc2)C1. The van der Waals surface area contributed by atoms with Crippen LogP contribution in [0.2, 0.25) is 0 Å². The topological polar surface area (TPSA) is 49.4 Å². The van der Waals surface area contributed by atoms with Crippen molar-refractivity contribution >= 4 is 11.8 Å². The number of carbonyl (C=O) groups is 2. The van der Waals surface area contributed by atoms with Gasteiger partial charge in [-0.15, -0.1) is 0 Å². The number of likely N-dealkylation sites (tertiary alicyclic amines) is 1. The molecular weight excluding hydrogens is 283 g/mol. The minimum Gasteiger partial charge on any atom is -0.356 e. The number of rotatable bonds is 4. The van der Waals surface area contributed by atoms with Crippen LogP contribution in [-0.2, 0) is 4.79 Å². The van der Waals surface area contributed by atoms with Crippen LogP contribution >= 0.6 is 0 Å². The number of benzene rings is 1. The van der Waals surface area contributed by atoms with Gasteiger partial charge in [0.25, 0.3) is 5.91 Å². The van der Waals surface area contributed by atoms with Crippen molar-refractivity contribution in [1.29, 1.82) is 0 Å². The quantitative estimate of drug-likeness (QED) is 0.929. The first-order valence-electron chi connectivity index (χ1n) is 7.80. The molecule has 1 heterocycles. The van der Waals surface area contributed by atoms with E-state index >= 15 is 0 Å². The molecule has 4 nitrogen and oxygen atoms in total. The Hall–Kier alpha value is -1.91. The van der Waals surface area contributed by atoms with Gasteiger partial charge in [-0.1, -0.05) is 13.8 Å². The zero-order chi connectivity index (χ0) is 16.1. The van der Waals surface area contributed by atoms with Crippen LogP contribution in [0.3, 0.4) is 0 Å². The lowest BCUT2D eigenvalue weighted by Crippen LogP contribution is -2.46. The van der Waals surface area contributed by atoms with E-state index < -0.39 is 0 Å². The summed E-state index contributed by atoms with van der Waals surface area (Å²) in [6.45, 7) is 5.82. The van der Waals surface area contributed by atoms with Crippen molar-refractivity contribution in [2.75, 3.05) is 19.6 Å². The maximum atomic E-state index is 12.9. The smallest absolute Gasteiger partial charge is 0.253 e. The Morgan fingerprint density at radius 1 is 1.32 bits per heavy atom. The summed E-state index contributed by atoms with van der Waals surface area (Å²) in [6, 6.07) is 5.54. The van der Waals surface area contributed by atoms with Gasteiger partial charge in [0, 0.05) is 25.2 Å². The van der Waals surface area contributed by atoms with Gasteiger partial charge >= 0.3 is 0 Å². The van der Waals surface area contributed by atoms with E-state index in [9.17, 15) is 14.0 Å².